The molecule has 3 fully saturated rings. The summed E-state index contributed by atoms with van der Waals surface area (Å²) >= 11 is 0. The summed E-state index contributed by atoms with van der Waals surface area (Å²) in [5.41, 5.74) is 1.23. The standard InChI is InChI=1S/C26H38N2O/c1-3-11-23(12-4-1)22-29-20-10-16-26(24-13-5-2-6-14-24)28-19-9-15-25(28)21-27-17-7-8-18-27/h1,3-4,11-12,24-26H,2,5-9,13-15,17-22H2. The average molecular weight is 395 g/mol. The van der Waals surface area contributed by atoms with Gasteiger partial charge >= 0.3 is 0 Å². The molecule has 0 aromatic heterocycles. The Morgan fingerprint density at radius 1 is 0.897 bits per heavy atom. The highest BCUT2D eigenvalue weighted by Gasteiger charge is 2.35. The van der Waals surface area contributed by atoms with Gasteiger partial charge in [-0.15, -0.1) is 0 Å². The molecule has 1 aromatic carbocycles. The molecule has 1 saturated carbocycles. The zero-order valence-electron chi connectivity index (χ0n) is 18.0. The van der Waals surface area contributed by atoms with Gasteiger partial charge in [0.2, 0.25) is 0 Å². The fourth-order valence-corrected chi connectivity index (χ4v) is 5.55. The number of likely N-dealkylation sites (tertiary alicyclic amines) is 2. The fourth-order valence-electron chi connectivity index (χ4n) is 5.55. The number of nitrogens with zero attached hydrogens (tertiary/aromatic N) is 2. The van der Waals surface area contributed by atoms with Crippen molar-refractivity contribution in [3.8, 4) is 11.8 Å². The summed E-state index contributed by atoms with van der Waals surface area (Å²) < 4.78 is 5.85. The van der Waals surface area contributed by atoms with Gasteiger partial charge in [-0.05, 0) is 69.6 Å². The third-order valence-corrected chi connectivity index (χ3v) is 7.08. The monoisotopic (exact) mass is 394 g/mol. The molecule has 29 heavy (non-hydrogen) atoms. The SMILES string of the molecule is C(#CC(C1CCCCC1)N1CCCC1CN1CCCC1)COCc1ccccc1. The Kier molecular flexibility index (Phi) is 8.05. The molecule has 4 rings (SSSR count). The van der Waals surface area contributed by atoms with E-state index in [1.165, 1.54) is 89.5 Å². The minimum atomic E-state index is 0.436. The Morgan fingerprint density at radius 3 is 2.48 bits per heavy atom. The lowest BCUT2D eigenvalue weighted by molar-refractivity contribution is 0.119. The lowest BCUT2D eigenvalue weighted by atomic mass is 9.83. The Hall–Kier alpha value is -1.34. The van der Waals surface area contributed by atoms with Crippen LogP contribution in [0.25, 0.3) is 0 Å². The molecule has 2 aliphatic heterocycles. The summed E-state index contributed by atoms with van der Waals surface area (Å²) in [5, 5.41) is 0. The smallest absolute Gasteiger partial charge is 0.108 e. The van der Waals surface area contributed by atoms with Crippen LogP contribution in [-0.4, -0.2) is 54.7 Å². The summed E-state index contributed by atoms with van der Waals surface area (Å²) in [7, 11) is 0. The first kappa shape index (κ1) is 20.9. The molecule has 3 aliphatic rings. The van der Waals surface area contributed by atoms with Crippen molar-refractivity contribution in [2.24, 2.45) is 5.92 Å². The molecule has 2 unspecified atom stereocenters. The minimum absolute atomic E-state index is 0.436. The lowest BCUT2D eigenvalue weighted by Gasteiger charge is -2.38. The average Bonchev–Trinajstić information content (AvgIpc) is 3.45. The van der Waals surface area contributed by atoms with E-state index < -0.39 is 0 Å². The third kappa shape index (κ3) is 6.07. The zero-order chi connectivity index (χ0) is 19.7. The van der Waals surface area contributed by atoms with Gasteiger partial charge in [0.1, 0.15) is 6.61 Å². The molecule has 0 amide bonds. The normalized spacial score (nSPS) is 25.0. The molecule has 0 N–H and O–H groups in total. The number of rotatable bonds is 7. The van der Waals surface area contributed by atoms with Gasteiger partial charge in [0.15, 0.2) is 0 Å². The predicted molar refractivity (Wildman–Crippen MR) is 120 cm³/mol. The topological polar surface area (TPSA) is 15.7 Å². The van der Waals surface area contributed by atoms with Crippen LogP contribution < -0.4 is 0 Å². The molecule has 0 bridgehead atoms. The first-order chi connectivity index (χ1) is 14.4. The highest BCUT2D eigenvalue weighted by atomic mass is 16.5. The number of benzene rings is 1. The van der Waals surface area contributed by atoms with Crippen LogP contribution in [0, 0.1) is 17.8 Å². The first-order valence-electron chi connectivity index (χ1n) is 12.0. The second-order valence-electron chi connectivity index (χ2n) is 9.18. The second kappa shape index (κ2) is 11.2. The first-order valence-corrected chi connectivity index (χ1v) is 12.0. The van der Waals surface area contributed by atoms with Gasteiger partial charge in [-0.3, -0.25) is 4.90 Å². The molecule has 158 valence electrons. The summed E-state index contributed by atoms with van der Waals surface area (Å²) in [4.78, 5) is 5.48. The quantitative estimate of drug-likeness (QED) is 0.492. The number of hydrogen-bond acceptors (Lipinski definition) is 3. The van der Waals surface area contributed by atoms with E-state index in [-0.39, 0.29) is 0 Å². The van der Waals surface area contributed by atoms with Crippen LogP contribution in [0.2, 0.25) is 0 Å². The van der Waals surface area contributed by atoms with Gasteiger partial charge in [0.05, 0.1) is 12.6 Å². The molecule has 2 heterocycles. The second-order valence-corrected chi connectivity index (χ2v) is 9.18. The van der Waals surface area contributed by atoms with E-state index in [4.69, 9.17) is 4.74 Å². The minimum Gasteiger partial charge on any atom is -0.364 e. The van der Waals surface area contributed by atoms with Crippen molar-refractivity contribution in [3.63, 3.8) is 0 Å². The Labute approximate surface area is 177 Å². The summed E-state index contributed by atoms with van der Waals surface area (Å²) in [6.45, 7) is 6.30. The van der Waals surface area contributed by atoms with Gasteiger partial charge in [0, 0.05) is 12.6 Å². The van der Waals surface area contributed by atoms with Gasteiger partial charge < -0.3 is 9.64 Å². The third-order valence-electron chi connectivity index (χ3n) is 7.08. The van der Waals surface area contributed by atoms with Crippen molar-refractivity contribution in [3.05, 3.63) is 35.9 Å². The van der Waals surface area contributed by atoms with Gasteiger partial charge in [0.25, 0.3) is 0 Å². The van der Waals surface area contributed by atoms with E-state index in [1.807, 2.05) is 6.07 Å². The fraction of sp³-hybridized carbons (Fsp3) is 0.692. The van der Waals surface area contributed by atoms with Crippen molar-refractivity contribution >= 4 is 0 Å². The molecule has 3 nitrogen and oxygen atoms in total. The van der Waals surface area contributed by atoms with Crippen molar-refractivity contribution < 1.29 is 4.74 Å². The van der Waals surface area contributed by atoms with Crippen molar-refractivity contribution in [2.75, 3.05) is 32.8 Å². The van der Waals surface area contributed by atoms with Crippen LogP contribution in [0.15, 0.2) is 30.3 Å². The molecule has 1 aromatic rings. The summed E-state index contributed by atoms with van der Waals surface area (Å²) in [6, 6.07) is 11.6. The Morgan fingerprint density at radius 2 is 1.69 bits per heavy atom. The van der Waals surface area contributed by atoms with Gasteiger partial charge in [-0.25, -0.2) is 0 Å². The van der Waals surface area contributed by atoms with Crippen LogP contribution in [0.1, 0.15) is 63.4 Å². The molecular formula is C26H38N2O. The Balaban J connectivity index is 1.36. The molecule has 2 atom stereocenters. The maximum Gasteiger partial charge on any atom is 0.108 e. The Bertz CT molecular complexity index is 652. The van der Waals surface area contributed by atoms with Crippen LogP contribution in [0.4, 0.5) is 0 Å². The number of hydrogen-bond donors (Lipinski definition) is 0. The number of ether oxygens (including phenoxy) is 1. The maximum absolute atomic E-state index is 5.85. The van der Waals surface area contributed by atoms with Gasteiger partial charge in [-0.2, -0.15) is 0 Å². The van der Waals surface area contributed by atoms with E-state index in [2.05, 4.69) is 45.9 Å². The van der Waals surface area contributed by atoms with E-state index in [9.17, 15) is 0 Å². The van der Waals surface area contributed by atoms with Crippen LogP contribution >= 0.6 is 0 Å². The van der Waals surface area contributed by atoms with Crippen molar-refractivity contribution in [2.45, 2.75) is 76.5 Å². The van der Waals surface area contributed by atoms with E-state index in [0.717, 1.165) is 5.92 Å². The van der Waals surface area contributed by atoms with E-state index in [0.29, 0.717) is 25.3 Å². The largest absolute Gasteiger partial charge is 0.364 e. The van der Waals surface area contributed by atoms with E-state index in [1.54, 1.807) is 0 Å². The lowest BCUT2D eigenvalue weighted by Crippen LogP contribution is -2.47. The van der Waals surface area contributed by atoms with Crippen LogP contribution in [0.5, 0.6) is 0 Å². The molecular weight excluding hydrogens is 356 g/mol. The van der Waals surface area contributed by atoms with Crippen molar-refractivity contribution in [1.29, 1.82) is 0 Å². The van der Waals surface area contributed by atoms with Crippen molar-refractivity contribution in [1.82, 2.24) is 9.80 Å². The summed E-state index contributed by atoms with van der Waals surface area (Å²) in [6.07, 6.45) is 12.4. The van der Waals surface area contributed by atoms with E-state index >= 15 is 0 Å². The highest BCUT2D eigenvalue weighted by Crippen LogP contribution is 2.33. The summed E-state index contributed by atoms with van der Waals surface area (Å²) in [5.74, 6) is 7.88. The molecule has 1 aliphatic carbocycles. The molecule has 0 spiro atoms. The zero-order valence-corrected chi connectivity index (χ0v) is 18.0. The maximum atomic E-state index is 5.85. The predicted octanol–water partition coefficient (Wildman–Crippen LogP) is 4.72. The molecule has 0 radical (unpaired) electrons. The van der Waals surface area contributed by atoms with Crippen LogP contribution in [-0.2, 0) is 11.3 Å². The van der Waals surface area contributed by atoms with Gasteiger partial charge in [-0.1, -0.05) is 61.4 Å². The molecule has 3 heteroatoms. The highest BCUT2D eigenvalue weighted by molar-refractivity contribution is 5.15. The van der Waals surface area contributed by atoms with Crippen LogP contribution in [0.3, 0.4) is 0 Å². The molecule has 2 saturated heterocycles.